The van der Waals surface area contributed by atoms with Crippen molar-refractivity contribution in [2.75, 3.05) is 26.0 Å². The number of anilines is 1. The van der Waals surface area contributed by atoms with Gasteiger partial charge in [-0.25, -0.2) is 0 Å². The van der Waals surface area contributed by atoms with Crippen LogP contribution in [0, 0.1) is 5.92 Å². The third-order valence-corrected chi connectivity index (χ3v) is 3.50. The number of benzene rings is 1. The minimum absolute atomic E-state index is 0.473. The summed E-state index contributed by atoms with van der Waals surface area (Å²) >= 11 is 0. The van der Waals surface area contributed by atoms with Gasteiger partial charge in [0.05, 0.1) is 0 Å². The molecule has 1 rings (SSSR count). The zero-order valence-electron chi connectivity index (χ0n) is 11.8. The molecule has 0 saturated carbocycles. The molecule has 96 valence electrons. The van der Waals surface area contributed by atoms with Crippen LogP contribution in [0.1, 0.15) is 38.3 Å². The highest BCUT2D eigenvalue weighted by Gasteiger charge is 2.12. The van der Waals surface area contributed by atoms with Crippen molar-refractivity contribution >= 4 is 5.69 Å². The van der Waals surface area contributed by atoms with Crippen molar-refractivity contribution in [2.24, 2.45) is 5.92 Å². The van der Waals surface area contributed by atoms with E-state index in [1.54, 1.807) is 0 Å². The summed E-state index contributed by atoms with van der Waals surface area (Å²) in [6.45, 7) is 4.57. The fourth-order valence-corrected chi connectivity index (χ4v) is 1.99. The summed E-state index contributed by atoms with van der Waals surface area (Å²) in [5, 5.41) is 3.42. The fraction of sp³-hybridized carbons (Fsp3) is 0.600. The first-order valence-electron chi connectivity index (χ1n) is 6.53. The van der Waals surface area contributed by atoms with Crippen LogP contribution in [0.2, 0.25) is 0 Å². The summed E-state index contributed by atoms with van der Waals surface area (Å²) in [4.78, 5) is 2.13. The van der Waals surface area contributed by atoms with E-state index in [0.29, 0.717) is 6.04 Å². The molecule has 2 unspecified atom stereocenters. The van der Waals surface area contributed by atoms with Crippen molar-refractivity contribution < 1.29 is 0 Å². The second kappa shape index (κ2) is 6.65. The summed E-state index contributed by atoms with van der Waals surface area (Å²) in [5.41, 5.74) is 2.64. The van der Waals surface area contributed by atoms with Crippen LogP contribution in [-0.4, -0.2) is 21.1 Å². The Labute approximate surface area is 106 Å². The van der Waals surface area contributed by atoms with Gasteiger partial charge >= 0.3 is 0 Å². The van der Waals surface area contributed by atoms with Crippen LogP contribution < -0.4 is 10.2 Å². The highest BCUT2D eigenvalue weighted by Crippen LogP contribution is 2.24. The van der Waals surface area contributed by atoms with Gasteiger partial charge in [-0.15, -0.1) is 0 Å². The monoisotopic (exact) mass is 234 g/mol. The van der Waals surface area contributed by atoms with Crippen LogP contribution in [0.5, 0.6) is 0 Å². The predicted octanol–water partition coefficient (Wildman–Crippen LogP) is 3.45. The minimum Gasteiger partial charge on any atom is -0.378 e. The second-order valence-corrected chi connectivity index (χ2v) is 5.08. The van der Waals surface area contributed by atoms with Crippen LogP contribution >= 0.6 is 0 Å². The van der Waals surface area contributed by atoms with E-state index in [0.717, 1.165) is 5.92 Å². The van der Waals surface area contributed by atoms with Gasteiger partial charge in [0.1, 0.15) is 0 Å². The van der Waals surface area contributed by atoms with E-state index in [1.165, 1.54) is 24.1 Å². The Bertz CT molecular complexity index is 316. The van der Waals surface area contributed by atoms with Crippen molar-refractivity contribution in [1.29, 1.82) is 0 Å². The van der Waals surface area contributed by atoms with Gasteiger partial charge < -0.3 is 10.2 Å². The first-order valence-corrected chi connectivity index (χ1v) is 6.53. The quantitative estimate of drug-likeness (QED) is 0.811. The first kappa shape index (κ1) is 14.0. The van der Waals surface area contributed by atoms with Crippen molar-refractivity contribution in [3.05, 3.63) is 29.8 Å². The Morgan fingerprint density at radius 1 is 1.18 bits per heavy atom. The van der Waals surface area contributed by atoms with Crippen molar-refractivity contribution in [2.45, 2.75) is 32.7 Å². The Morgan fingerprint density at radius 3 is 2.18 bits per heavy atom. The van der Waals surface area contributed by atoms with Crippen LogP contribution in [0.15, 0.2) is 24.3 Å². The molecule has 1 aromatic rings. The summed E-state index contributed by atoms with van der Waals surface area (Å²) in [5.74, 6) is 0.765. The zero-order valence-corrected chi connectivity index (χ0v) is 11.8. The molecule has 2 atom stereocenters. The number of hydrogen-bond donors (Lipinski definition) is 1. The SMILES string of the molecule is CCC(C)CC(NC)c1ccc(N(C)C)cc1. The highest BCUT2D eigenvalue weighted by molar-refractivity contribution is 5.46. The topological polar surface area (TPSA) is 15.3 Å². The van der Waals surface area contributed by atoms with Crippen molar-refractivity contribution in [3.8, 4) is 0 Å². The van der Waals surface area contributed by atoms with Gasteiger partial charge in [-0.3, -0.25) is 0 Å². The van der Waals surface area contributed by atoms with E-state index in [-0.39, 0.29) is 0 Å². The van der Waals surface area contributed by atoms with E-state index in [9.17, 15) is 0 Å². The van der Waals surface area contributed by atoms with Gasteiger partial charge in [-0.2, -0.15) is 0 Å². The Balaban J connectivity index is 2.75. The van der Waals surface area contributed by atoms with Gasteiger partial charge in [0.15, 0.2) is 0 Å². The molecule has 0 aliphatic rings. The van der Waals surface area contributed by atoms with Crippen LogP contribution in [0.25, 0.3) is 0 Å². The molecule has 0 bridgehead atoms. The third-order valence-electron chi connectivity index (χ3n) is 3.50. The molecule has 1 N–H and O–H groups in total. The molecule has 2 heteroatoms. The molecule has 0 aliphatic heterocycles. The van der Waals surface area contributed by atoms with Gasteiger partial charge in [0, 0.05) is 25.8 Å². The standard InChI is InChI=1S/C15H26N2/c1-6-12(2)11-15(16-3)13-7-9-14(10-8-13)17(4)5/h7-10,12,15-16H,6,11H2,1-5H3. The maximum absolute atomic E-state index is 3.42. The lowest BCUT2D eigenvalue weighted by Gasteiger charge is -2.21. The Kier molecular flexibility index (Phi) is 5.49. The summed E-state index contributed by atoms with van der Waals surface area (Å²) < 4.78 is 0. The molecule has 0 amide bonds. The summed E-state index contributed by atoms with van der Waals surface area (Å²) in [7, 11) is 6.19. The van der Waals surface area contributed by atoms with E-state index < -0.39 is 0 Å². The van der Waals surface area contributed by atoms with E-state index in [4.69, 9.17) is 0 Å². The normalized spacial score (nSPS) is 14.4. The van der Waals surface area contributed by atoms with Crippen LogP contribution in [-0.2, 0) is 0 Å². The third kappa shape index (κ3) is 4.04. The lowest BCUT2D eigenvalue weighted by Crippen LogP contribution is -2.19. The van der Waals surface area contributed by atoms with Gasteiger partial charge in [0.25, 0.3) is 0 Å². The number of rotatable bonds is 6. The maximum Gasteiger partial charge on any atom is 0.0361 e. The molecule has 0 aliphatic carbocycles. The summed E-state index contributed by atoms with van der Waals surface area (Å²) in [6, 6.07) is 9.32. The number of hydrogen-bond acceptors (Lipinski definition) is 2. The van der Waals surface area contributed by atoms with Crippen molar-refractivity contribution in [1.82, 2.24) is 5.32 Å². The van der Waals surface area contributed by atoms with Crippen molar-refractivity contribution in [3.63, 3.8) is 0 Å². The number of nitrogens with one attached hydrogen (secondary N) is 1. The van der Waals surface area contributed by atoms with E-state index in [1.807, 2.05) is 7.05 Å². The summed E-state index contributed by atoms with van der Waals surface area (Å²) in [6.07, 6.45) is 2.45. The molecule has 0 radical (unpaired) electrons. The van der Waals surface area contributed by atoms with Crippen LogP contribution in [0.3, 0.4) is 0 Å². The average Bonchev–Trinajstić information content (AvgIpc) is 2.35. The molecular formula is C15H26N2. The van der Waals surface area contributed by atoms with E-state index >= 15 is 0 Å². The average molecular weight is 234 g/mol. The lowest BCUT2D eigenvalue weighted by molar-refractivity contribution is 0.422. The minimum atomic E-state index is 0.473. The molecule has 0 aromatic heterocycles. The smallest absolute Gasteiger partial charge is 0.0361 e. The highest BCUT2D eigenvalue weighted by atomic mass is 15.1. The second-order valence-electron chi connectivity index (χ2n) is 5.08. The predicted molar refractivity (Wildman–Crippen MR) is 76.6 cm³/mol. The molecule has 17 heavy (non-hydrogen) atoms. The Hall–Kier alpha value is -1.02. The number of nitrogens with zero attached hydrogens (tertiary/aromatic N) is 1. The Morgan fingerprint density at radius 2 is 1.76 bits per heavy atom. The largest absolute Gasteiger partial charge is 0.378 e. The zero-order chi connectivity index (χ0) is 12.8. The lowest BCUT2D eigenvalue weighted by atomic mass is 9.94. The molecule has 1 aromatic carbocycles. The molecule has 0 spiro atoms. The van der Waals surface area contributed by atoms with E-state index in [2.05, 4.69) is 62.4 Å². The molecule has 0 saturated heterocycles. The molecule has 0 heterocycles. The fourth-order valence-electron chi connectivity index (χ4n) is 1.99. The van der Waals surface area contributed by atoms with Gasteiger partial charge in [0.2, 0.25) is 0 Å². The van der Waals surface area contributed by atoms with Gasteiger partial charge in [-0.05, 0) is 37.1 Å². The van der Waals surface area contributed by atoms with Gasteiger partial charge in [-0.1, -0.05) is 32.4 Å². The molecule has 2 nitrogen and oxygen atoms in total. The van der Waals surface area contributed by atoms with Crippen LogP contribution in [0.4, 0.5) is 5.69 Å². The molecular weight excluding hydrogens is 208 g/mol. The maximum atomic E-state index is 3.42. The first-order chi connectivity index (χ1) is 8.08. The molecule has 0 fully saturated rings.